The molecule has 0 saturated heterocycles. The molecule has 17 nitrogen and oxygen atoms in total. The second kappa shape index (κ2) is 18.3. The summed E-state index contributed by atoms with van der Waals surface area (Å²) in [6, 6.07) is -5.27. The van der Waals surface area contributed by atoms with Crippen molar-refractivity contribution in [3.63, 3.8) is 0 Å². The first-order valence-electron chi connectivity index (χ1n) is 12.0. The molecule has 0 fully saturated rings. The molecule has 0 spiro atoms. The number of aliphatic imine (C=N–C) groups is 1. The normalized spacial score (nSPS) is 13.7. The van der Waals surface area contributed by atoms with Gasteiger partial charge < -0.3 is 55.5 Å². The minimum atomic E-state index is -1.49. The predicted molar refractivity (Wildman–Crippen MR) is 136 cm³/mol. The van der Waals surface area contributed by atoms with Crippen LogP contribution in [0.15, 0.2) is 4.99 Å². The molecule has 17 heteroatoms. The number of carbonyl (C=O) groups excluding carboxylic acids is 5. The Morgan fingerprint density at radius 1 is 0.711 bits per heavy atom. The number of carbonyl (C=O) groups is 6. The molecule has 38 heavy (non-hydrogen) atoms. The number of rotatable bonds is 20. The van der Waals surface area contributed by atoms with Gasteiger partial charge in [-0.25, -0.2) is 4.79 Å². The van der Waals surface area contributed by atoms with Crippen LogP contribution in [0.5, 0.6) is 0 Å². The lowest BCUT2D eigenvalue weighted by atomic mass is 10.1. The summed E-state index contributed by atoms with van der Waals surface area (Å²) in [5.41, 5.74) is 32.0. The van der Waals surface area contributed by atoms with Crippen LogP contribution in [-0.4, -0.2) is 83.8 Å². The van der Waals surface area contributed by atoms with E-state index in [1.54, 1.807) is 0 Å². The molecule has 5 amide bonds. The summed E-state index contributed by atoms with van der Waals surface area (Å²) in [6.45, 7) is 0.529. The molecule has 0 aromatic carbocycles. The molecule has 4 unspecified atom stereocenters. The number of hydrogen-bond donors (Lipinski definition) is 10. The number of primary amides is 2. The van der Waals surface area contributed by atoms with Crippen LogP contribution in [0.3, 0.4) is 0 Å². The highest BCUT2D eigenvalue weighted by Gasteiger charge is 2.31. The van der Waals surface area contributed by atoms with Crippen LogP contribution in [0.2, 0.25) is 0 Å². The van der Waals surface area contributed by atoms with E-state index in [0.717, 1.165) is 0 Å². The number of unbranched alkanes of at least 4 members (excludes halogenated alkanes) is 1. The molecule has 0 bridgehead atoms. The monoisotopic (exact) mass is 544 g/mol. The van der Waals surface area contributed by atoms with Gasteiger partial charge in [0.05, 0.1) is 12.5 Å². The molecule has 0 radical (unpaired) electrons. The third-order valence-corrected chi connectivity index (χ3v) is 5.22. The van der Waals surface area contributed by atoms with Gasteiger partial charge in [0.2, 0.25) is 29.5 Å². The average Bonchev–Trinajstić information content (AvgIpc) is 2.82. The van der Waals surface area contributed by atoms with Crippen LogP contribution < -0.4 is 50.4 Å². The molecule has 0 saturated carbocycles. The van der Waals surface area contributed by atoms with Crippen LogP contribution >= 0.6 is 0 Å². The van der Waals surface area contributed by atoms with Crippen LogP contribution in [0, 0.1) is 0 Å². The largest absolute Gasteiger partial charge is 0.480 e. The van der Waals surface area contributed by atoms with Crippen molar-refractivity contribution >= 4 is 41.5 Å². The number of hydrogen-bond acceptors (Lipinski definition) is 9. The van der Waals surface area contributed by atoms with Crippen molar-refractivity contribution in [2.75, 3.05) is 13.1 Å². The summed E-state index contributed by atoms with van der Waals surface area (Å²) in [7, 11) is 0. The highest BCUT2D eigenvalue weighted by atomic mass is 16.4. The van der Waals surface area contributed by atoms with Crippen molar-refractivity contribution in [1.82, 2.24) is 16.0 Å². The van der Waals surface area contributed by atoms with Crippen molar-refractivity contribution in [1.29, 1.82) is 0 Å². The molecule has 216 valence electrons. The Morgan fingerprint density at radius 2 is 1.29 bits per heavy atom. The highest BCUT2D eigenvalue weighted by molar-refractivity contribution is 5.96. The Balaban J connectivity index is 5.51. The maximum absolute atomic E-state index is 12.9. The molecule has 0 aliphatic heterocycles. The quantitative estimate of drug-likeness (QED) is 0.0393. The van der Waals surface area contributed by atoms with Crippen LogP contribution in [0.1, 0.15) is 51.4 Å². The molecule has 0 aromatic rings. The fraction of sp³-hybridized carbons (Fsp3) is 0.667. The lowest BCUT2D eigenvalue weighted by Crippen LogP contribution is -2.57. The summed E-state index contributed by atoms with van der Waals surface area (Å²) < 4.78 is 0. The smallest absolute Gasteiger partial charge is 0.326 e. The molecule has 16 N–H and O–H groups in total. The van der Waals surface area contributed by atoms with Gasteiger partial charge in [-0.1, -0.05) is 6.42 Å². The first-order chi connectivity index (χ1) is 17.8. The van der Waals surface area contributed by atoms with Crippen LogP contribution in [0.25, 0.3) is 0 Å². The maximum atomic E-state index is 12.9. The standard InChI is InChI=1S/C21H40N10O7/c22-8-2-1-4-11(23)17(34)31-14(10-16(25)33)19(36)29-12(6-7-15(24)32)18(35)30-13(20(37)38)5-3-9-28-21(26)27/h11-14H,1-10,22-23H2,(H2,24,32)(H2,25,33)(H,29,36)(H,30,35)(H,31,34)(H,37,38)(H4,26,27,28). The SMILES string of the molecule is NCCCCC(N)C(=O)NC(CC(N)=O)C(=O)NC(CCC(N)=O)C(=O)NC(CCCN=C(N)N)C(=O)O. The van der Waals surface area contributed by atoms with Gasteiger partial charge in [-0.3, -0.25) is 29.0 Å². The number of carboxylic acids is 1. The van der Waals surface area contributed by atoms with Gasteiger partial charge in [0.15, 0.2) is 5.96 Å². The summed E-state index contributed by atoms with van der Waals surface area (Å²) in [5.74, 6) is -5.88. The number of nitrogens with zero attached hydrogens (tertiary/aromatic N) is 1. The van der Waals surface area contributed by atoms with E-state index in [1.807, 2.05) is 0 Å². The first kappa shape index (κ1) is 34.0. The van der Waals surface area contributed by atoms with Crippen molar-refractivity contribution in [3.05, 3.63) is 0 Å². The first-order valence-corrected chi connectivity index (χ1v) is 12.0. The summed E-state index contributed by atoms with van der Waals surface area (Å²) in [4.78, 5) is 76.3. The lowest BCUT2D eigenvalue weighted by molar-refractivity contribution is -0.142. The summed E-state index contributed by atoms with van der Waals surface area (Å²) >= 11 is 0. The minimum absolute atomic E-state index is 0.0449. The molecule has 0 aliphatic carbocycles. The topological polar surface area (TPSA) is 327 Å². The Hall–Kier alpha value is -3.99. The van der Waals surface area contributed by atoms with Gasteiger partial charge in [0.1, 0.15) is 18.1 Å². The lowest BCUT2D eigenvalue weighted by Gasteiger charge is -2.24. The molecular formula is C21H40N10O7. The van der Waals surface area contributed by atoms with Gasteiger partial charge in [0, 0.05) is 13.0 Å². The second-order valence-electron chi connectivity index (χ2n) is 8.54. The van der Waals surface area contributed by atoms with Gasteiger partial charge in [-0.2, -0.15) is 0 Å². The van der Waals surface area contributed by atoms with E-state index in [0.29, 0.717) is 19.4 Å². The van der Waals surface area contributed by atoms with E-state index in [2.05, 4.69) is 20.9 Å². The predicted octanol–water partition coefficient (Wildman–Crippen LogP) is -4.82. The number of guanidine groups is 1. The Kier molecular flexibility index (Phi) is 16.4. The van der Waals surface area contributed by atoms with Crippen LogP contribution in [-0.2, 0) is 28.8 Å². The van der Waals surface area contributed by atoms with Crippen molar-refractivity contribution < 1.29 is 33.9 Å². The maximum Gasteiger partial charge on any atom is 0.326 e. The summed E-state index contributed by atoms with van der Waals surface area (Å²) in [6.07, 6.45) is 0.403. The second-order valence-corrected chi connectivity index (χ2v) is 8.54. The zero-order valence-electron chi connectivity index (χ0n) is 21.2. The minimum Gasteiger partial charge on any atom is -0.480 e. The fourth-order valence-corrected chi connectivity index (χ4v) is 3.19. The van der Waals surface area contributed by atoms with E-state index in [1.165, 1.54) is 0 Å². The Morgan fingerprint density at radius 3 is 1.82 bits per heavy atom. The van der Waals surface area contributed by atoms with Crippen molar-refractivity contribution in [2.24, 2.45) is 39.4 Å². The highest BCUT2D eigenvalue weighted by Crippen LogP contribution is 2.05. The average molecular weight is 545 g/mol. The zero-order valence-corrected chi connectivity index (χ0v) is 21.2. The third-order valence-electron chi connectivity index (χ3n) is 5.22. The Labute approximate surface area is 219 Å². The van der Waals surface area contributed by atoms with E-state index < -0.39 is 66.1 Å². The van der Waals surface area contributed by atoms with Crippen LogP contribution in [0.4, 0.5) is 0 Å². The molecular weight excluding hydrogens is 504 g/mol. The van der Waals surface area contributed by atoms with Gasteiger partial charge in [-0.05, 0) is 38.6 Å². The van der Waals surface area contributed by atoms with E-state index in [-0.39, 0.29) is 44.6 Å². The zero-order chi connectivity index (χ0) is 29.3. The van der Waals surface area contributed by atoms with E-state index in [9.17, 15) is 33.9 Å². The van der Waals surface area contributed by atoms with E-state index in [4.69, 9.17) is 34.4 Å². The van der Waals surface area contributed by atoms with Gasteiger partial charge in [-0.15, -0.1) is 0 Å². The number of amides is 5. The molecule has 0 aromatic heterocycles. The van der Waals surface area contributed by atoms with Crippen molar-refractivity contribution in [3.8, 4) is 0 Å². The van der Waals surface area contributed by atoms with E-state index >= 15 is 0 Å². The third kappa shape index (κ3) is 15.2. The number of nitrogens with two attached hydrogens (primary N) is 6. The number of nitrogens with one attached hydrogen (secondary N) is 3. The van der Waals surface area contributed by atoms with Gasteiger partial charge >= 0.3 is 5.97 Å². The van der Waals surface area contributed by atoms with Gasteiger partial charge in [0.25, 0.3) is 0 Å². The Bertz CT molecular complexity index is 863. The molecule has 0 heterocycles. The molecule has 0 rings (SSSR count). The van der Waals surface area contributed by atoms with Crippen molar-refractivity contribution in [2.45, 2.75) is 75.5 Å². The summed E-state index contributed by atoms with van der Waals surface area (Å²) in [5, 5.41) is 16.4. The number of aliphatic carboxylic acids is 1. The number of carboxylic acid groups (broad SMARTS) is 1. The fourth-order valence-electron chi connectivity index (χ4n) is 3.19. The molecule has 0 aliphatic rings. The molecule has 4 atom stereocenters.